The van der Waals surface area contributed by atoms with E-state index in [9.17, 15) is 24.3 Å². The molecule has 256 valence electrons. The molecule has 14 heteroatoms. The van der Waals surface area contributed by atoms with Crippen molar-refractivity contribution in [1.82, 2.24) is 15.5 Å². The Balaban J connectivity index is 1.60. The molecule has 1 aromatic carbocycles. The van der Waals surface area contributed by atoms with Gasteiger partial charge in [-0.25, -0.2) is 19.2 Å². The van der Waals surface area contributed by atoms with Crippen LogP contribution in [0.4, 0.5) is 14.4 Å². The van der Waals surface area contributed by atoms with E-state index in [1.54, 1.807) is 65.8 Å². The number of aliphatic imine (C=N–C) groups is 1. The number of hydrogen-bond acceptors (Lipinski definition) is 9. The van der Waals surface area contributed by atoms with E-state index in [0.29, 0.717) is 23.7 Å². The quantitative estimate of drug-likeness (QED) is 0.146. The van der Waals surface area contributed by atoms with Gasteiger partial charge >= 0.3 is 24.2 Å². The average molecular weight is 648 g/mol. The van der Waals surface area contributed by atoms with Crippen molar-refractivity contribution in [3.63, 3.8) is 0 Å². The number of rotatable bonds is 12. The monoisotopic (exact) mass is 647 g/mol. The summed E-state index contributed by atoms with van der Waals surface area (Å²) in [5, 5.41) is 15.3. The molecule has 1 aromatic rings. The molecule has 0 aliphatic carbocycles. The molecule has 0 radical (unpaired) electrons. The Morgan fingerprint density at radius 1 is 1.09 bits per heavy atom. The molecule has 3 amide bonds. The molecule has 3 rings (SSSR count). The van der Waals surface area contributed by atoms with Crippen molar-refractivity contribution >= 4 is 30.1 Å². The van der Waals surface area contributed by atoms with E-state index >= 15 is 0 Å². The molecule has 3 unspecified atom stereocenters. The number of amides is 3. The fourth-order valence-corrected chi connectivity index (χ4v) is 5.17. The van der Waals surface area contributed by atoms with Crippen LogP contribution >= 0.6 is 0 Å². The maximum atomic E-state index is 13.0. The third-order valence-electron chi connectivity index (χ3n) is 7.33. The maximum absolute atomic E-state index is 13.0. The SMILES string of the molecule is CC(C)(C)OC(=O)N=C(N)C(CCC1CCNCC1)N1CC(COc2ccc(CC(NC(=O)OC(C)(C)C)C(=O)O)cc2)OC1=O. The first-order valence-electron chi connectivity index (χ1n) is 15.7. The summed E-state index contributed by atoms with van der Waals surface area (Å²) in [5.41, 5.74) is 5.47. The molecule has 2 fully saturated rings. The van der Waals surface area contributed by atoms with E-state index in [-0.39, 0.29) is 25.4 Å². The van der Waals surface area contributed by atoms with Gasteiger partial charge in [0.2, 0.25) is 0 Å². The number of nitrogens with zero attached hydrogens (tertiary/aromatic N) is 2. The van der Waals surface area contributed by atoms with Crippen molar-refractivity contribution in [2.45, 2.75) is 103 Å². The van der Waals surface area contributed by atoms with Gasteiger partial charge in [-0.15, -0.1) is 0 Å². The van der Waals surface area contributed by atoms with Gasteiger partial charge in [0, 0.05) is 6.42 Å². The van der Waals surface area contributed by atoms with Gasteiger partial charge in [0.05, 0.1) is 12.6 Å². The molecule has 5 N–H and O–H groups in total. The number of alkyl carbamates (subject to hydrolysis) is 1. The molecule has 0 saturated carbocycles. The lowest BCUT2D eigenvalue weighted by Gasteiger charge is -2.28. The minimum Gasteiger partial charge on any atom is -0.490 e. The third kappa shape index (κ3) is 12.4. The van der Waals surface area contributed by atoms with Crippen LogP contribution in [-0.2, 0) is 25.4 Å². The lowest BCUT2D eigenvalue weighted by Crippen LogP contribution is -2.46. The number of ether oxygens (including phenoxy) is 4. The Morgan fingerprint density at radius 3 is 2.30 bits per heavy atom. The standard InChI is InChI=1S/C32H49N5O9/c1-31(2,3)45-28(40)35-24(27(38)39)17-21-7-10-22(11-8-21)43-19-23-18-37(30(42)44-23)25(12-9-20-13-15-34-16-14-20)26(33)36-29(41)46-32(4,5)6/h7-8,10-11,20,23-25,34H,9,12-19H2,1-6H3,(H,35,40)(H,38,39)(H2,33,36,41). The summed E-state index contributed by atoms with van der Waals surface area (Å²) >= 11 is 0. The van der Waals surface area contributed by atoms with Gasteiger partial charge in [0.15, 0.2) is 6.10 Å². The summed E-state index contributed by atoms with van der Waals surface area (Å²) in [6.45, 7) is 12.4. The van der Waals surface area contributed by atoms with Crippen LogP contribution in [0.2, 0.25) is 0 Å². The second-order valence-electron chi connectivity index (χ2n) is 13.7. The predicted octanol–water partition coefficient (Wildman–Crippen LogP) is 3.85. The first-order valence-corrected chi connectivity index (χ1v) is 15.7. The number of hydrogen-bond donors (Lipinski definition) is 4. The van der Waals surface area contributed by atoms with E-state index in [2.05, 4.69) is 15.6 Å². The Labute approximate surface area is 270 Å². The van der Waals surface area contributed by atoms with Crippen molar-refractivity contribution in [3.8, 4) is 5.75 Å². The number of carboxylic acids is 1. The predicted molar refractivity (Wildman–Crippen MR) is 170 cm³/mol. The highest BCUT2D eigenvalue weighted by atomic mass is 16.6. The van der Waals surface area contributed by atoms with E-state index in [1.165, 1.54) is 4.90 Å². The van der Waals surface area contributed by atoms with Gasteiger partial charge < -0.3 is 40.4 Å². The van der Waals surface area contributed by atoms with Crippen LogP contribution in [-0.4, -0.2) is 95.7 Å². The summed E-state index contributed by atoms with van der Waals surface area (Å²) in [5.74, 6) is -0.237. The lowest BCUT2D eigenvalue weighted by atomic mass is 9.91. The van der Waals surface area contributed by atoms with Crippen LogP contribution in [0.25, 0.3) is 0 Å². The topological polar surface area (TPSA) is 191 Å². The van der Waals surface area contributed by atoms with E-state index in [4.69, 9.17) is 24.7 Å². The molecule has 2 aliphatic rings. The Kier molecular flexibility index (Phi) is 12.6. The molecule has 2 heterocycles. The van der Waals surface area contributed by atoms with E-state index < -0.39 is 53.6 Å². The largest absolute Gasteiger partial charge is 0.490 e. The second kappa shape index (κ2) is 16.0. The molecule has 0 bridgehead atoms. The Hall–Kier alpha value is -4.07. The van der Waals surface area contributed by atoms with Gasteiger partial charge in [0.25, 0.3) is 0 Å². The van der Waals surface area contributed by atoms with Crippen molar-refractivity contribution in [2.24, 2.45) is 16.6 Å². The minimum atomic E-state index is -1.19. The zero-order valence-corrected chi connectivity index (χ0v) is 27.7. The number of aliphatic carboxylic acids is 1. The van der Waals surface area contributed by atoms with E-state index in [0.717, 1.165) is 32.4 Å². The highest BCUT2D eigenvalue weighted by Gasteiger charge is 2.39. The van der Waals surface area contributed by atoms with Crippen molar-refractivity contribution in [1.29, 1.82) is 0 Å². The summed E-state index contributed by atoms with van der Waals surface area (Å²) in [7, 11) is 0. The Bertz CT molecular complexity index is 1230. The smallest absolute Gasteiger partial charge is 0.435 e. The second-order valence-corrected chi connectivity index (χ2v) is 13.7. The van der Waals surface area contributed by atoms with Crippen LogP contribution in [0.5, 0.6) is 5.75 Å². The van der Waals surface area contributed by atoms with Crippen molar-refractivity contribution < 1.29 is 43.2 Å². The molecule has 2 aliphatic heterocycles. The third-order valence-corrected chi connectivity index (χ3v) is 7.33. The molecular formula is C32H49N5O9. The fraction of sp³-hybridized carbons (Fsp3) is 0.656. The molecule has 14 nitrogen and oxygen atoms in total. The number of amidine groups is 1. The van der Waals surface area contributed by atoms with E-state index in [1.807, 2.05) is 0 Å². The molecular weight excluding hydrogens is 598 g/mol. The zero-order chi connectivity index (χ0) is 34.1. The number of carboxylic acid groups (broad SMARTS) is 1. The number of nitrogens with one attached hydrogen (secondary N) is 2. The first-order chi connectivity index (χ1) is 21.5. The lowest BCUT2D eigenvalue weighted by molar-refractivity contribution is -0.139. The van der Waals surface area contributed by atoms with Crippen LogP contribution in [0.3, 0.4) is 0 Å². The summed E-state index contributed by atoms with van der Waals surface area (Å²) in [6, 6.07) is 4.90. The van der Waals surface area contributed by atoms with Gasteiger partial charge in [0.1, 0.15) is 35.4 Å². The summed E-state index contributed by atoms with van der Waals surface area (Å²) < 4.78 is 21.9. The molecule has 3 atom stereocenters. The van der Waals surface area contributed by atoms with Crippen LogP contribution < -0.4 is 21.1 Å². The molecule has 46 heavy (non-hydrogen) atoms. The van der Waals surface area contributed by atoms with Crippen LogP contribution in [0.15, 0.2) is 29.3 Å². The van der Waals surface area contributed by atoms with Gasteiger partial charge in [-0.3, -0.25) is 4.90 Å². The highest BCUT2D eigenvalue weighted by molar-refractivity contribution is 5.96. The molecule has 0 aromatic heterocycles. The Morgan fingerprint density at radius 2 is 1.72 bits per heavy atom. The van der Waals surface area contributed by atoms with Gasteiger partial charge in [-0.1, -0.05) is 12.1 Å². The summed E-state index contributed by atoms with van der Waals surface area (Å²) in [4.78, 5) is 54.6. The van der Waals surface area contributed by atoms with Crippen molar-refractivity contribution in [2.75, 3.05) is 26.2 Å². The zero-order valence-electron chi connectivity index (χ0n) is 27.7. The maximum Gasteiger partial charge on any atom is 0.435 e. The number of carbonyl (C=O) groups excluding carboxylic acids is 3. The van der Waals surface area contributed by atoms with Crippen LogP contribution in [0.1, 0.15) is 72.8 Å². The molecule has 2 saturated heterocycles. The van der Waals surface area contributed by atoms with Crippen molar-refractivity contribution in [3.05, 3.63) is 29.8 Å². The number of nitrogens with two attached hydrogens (primary N) is 1. The average Bonchev–Trinajstić information content (AvgIpc) is 3.30. The molecule has 0 spiro atoms. The summed E-state index contributed by atoms with van der Waals surface area (Å²) in [6.07, 6.45) is 0.608. The van der Waals surface area contributed by atoms with Crippen LogP contribution in [0, 0.1) is 5.92 Å². The first kappa shape index (κ1) is 36.4. The normalized spacial score (nSPS) is 19.2. The number of carbonyl (C=O) groups is 4. The van der Waals surface area contributed by atoms with Gasteiger partial charge in [-0.2, -0.15) is 4.99 Å². The highest BCUT2D eigenvalue weighted by Crippen LogP contribution is 2.25. The number of benzene rings is 1. The number of piperidine rings is 1. The minimum absolute atomic E-state index is 0.00175. The van der Waals surface area contributed by atoms with Gasteiger partial charge in [-0.05, 0) is 104 Å². The fourth-order valence-electron chi connectivity index (χ4n) is 5.17. The number of cyclic esters (lactones) is 1.